The van der Waals surface area contributed by atoms with Crippen molar-refractivity contribution < 1.29 is 9.18 Å². The summed E-state index contributed by atoms with van der Waals surface area (Å²) >= 11 is 5.83. The fraction of sp³-hybridized carbons (Fsp3) is 0.0714. The standard InChI is InChI=1S/C14H12ClFN2O/c1-8-4-12(2-3-13(8)16)18-14(19)9-5-10(15)7-11(17)6-9/h2-7H,17H2,1H3,(H,18,19). The number of hydrogen-bond donors (Lipinski definition) is 2. The largest absolute Gasteiger partial charge is 0.399 e. The Hall–Kier alpha value is -2.07. The highest BCUT2D eigenvalue weighted by molar-refractivity contribution is 6.31. The summed E-state index contributed by atoms with van der Waals surface area (Å²) in [4.78, 5) is 12.0. The Morgan fingerprint density at radius 2 is 2.00 bits per heavy atom. The van der Waals surface area contributed by atoms with E-state index in [1.165, 1.54) is 24.3 Å². The first-order valence-electron chi connectivity index (χ1n) is 5.59. The Morgan fingerprint density at radius 1 is 1.26 bits per heavy atom. The van der Waals surface area contributed by atoms with E-state index in [-0.39, 0.29) is 11.7 Å². The second-order valence-corrected chi connectivity index (χ2v) is 4.63. The summed E-state index contributed by atoms with van der Waals surface area (Å²) in [5.74, 6) is -0.662. The Bertz CT molecular complexity index is 623. The quantitative estimate of drug-likeness (QED) is 0.824. The monoisotopic (exact) mass is 278 g/mol. The van der Waals surface area contributed by atoms with Crippen LogP contribution in [-0.4, -0.2) is 5.91 Å². The molecule has 2 aromatic rings. The van der Waals surface area contributed by atoms with Gasteiger partial charge in [0.15, 0.2) is 0 Å². The molecule has 2 aromatic carbocycles. The van der Waals surface area contributed by atoms with E-state index >= 15 is 0 Å². The predicted octanol–water partition coefficient (Wildman–Crippen LogP) is 3.62. The summed E-state index contributed by atoms with van der Waals surface area (Å²) in [5.41, 5.74) is 7.36. The third-order valence-corrected chi connectivity index (χ3v) is 2.82. The summed E-state index contributed by atoms with van der Waals surface area (Å²) in [7, 11) is 0. The molecule has 0 spiro atoms. The van der Waals surface area contributed by atoms with E-state index in [0.29, 0.717) is 27.5 Å². The molecule has 0 heterocycles. The number of nitrogen functional groups attached to an aromatic ring is 1. The SMILES string of the molecule is Cc1cc(NC(=O)c2cc(N)cc(Cl)c2)ccc1F. The van der Waals surface area contributed by atoms with Crippen molar-refractivity contribution in [2.45, 2.75) is 6.92 Å². The van der Waals surface area contributed by atoms with E-state index < -0.39 is 0 Å². The molecule has 0 fully saturated rings. The van der Waals surface area contributed by atoms with Gasteiger partial charge in [0.2, 0.25) is 0 Å². The minimum atomic E-state index is -0.347. The smallest absolute Gasteiger partial charge is 0.255 e. The Balaban J connectivity index is 2.22. The van der Waals surface area contributed by atoms with Gasteiger partial charge in [0.25, 0.3) is 5.91 Å². The first-order valence-corrected chi connectivity index (χ1v) is 5.97. The molecule has 0 aliphatic heterocycles. The maximum absolute atomic E-state index is 13.1. The van der Waals surface area contributed by atoms with Crippen molar-refractivity contribution in [3.05, 3.63) is 58.4 Å². The Labute approximate surface area is 115 Å². The number of amides is 1. The molecule has 3 N–H and O–H groups in total. The average molecular weight is 279 g/mol. The van der Waals surface area contributed by atoms with E-state index in [2.05, 4.69) is 5.32 Å². The predicted molar refractivity (Wildman–Crippen MR) is 75.0 cm³/mol. The number of benzene rings is 2. The first kappa shape index (κ1) is 13.4. The molecule has 3 nitrogen and oxygen atoms in total. The van der Waals surface area contributed by atoms with Crippen molar-refractivity contribution in [3.8, 4) is 0 Å². The summed E-state index contributed by atoms with van der Waals surface area (Å²) in [5, 5.41) is 3.05. The van der Waals surface area contributed by atoms with Crippen molar-refractivity contribution in [3.63, 3.8) is 0 Å². The number of nitrogens with two attached hydrogens (primary N) is 1. The highest BCUT2D eigenvalue weighted by Gasteiger charge is 2.09. The molecule has 98 valence electrons. The third kappa shape index (κ3) is 3.23. The van der Waals surface area contributed by atoms with E-state index in [1.54, 1.807) is 19.1 Å². The molecule has 1 amide bonds. The van der Waals surface area contributed by atoms with Gasteiger partial charge in [-0.1, -0.05) is 11.6 Å². The third-order valence-electron chi connectivity index (χ3n) is 2.60. The maximum atomic E-state index is 13.1. The molecule has 0 radical (unpaired) electrons. The minimum absolute atomic E-state index is 0.315. The topological polar surface area (TPSA) is 55.1 Å². The lowest BCUT2D eigenvalue weighted by Crippen LogP contribution is -2.12. The van der Waals surface area contributed by atoms with Gasteiger partial charge in [-0.2, -0.15) is 0 Å². The van der Waals surface area contributed by atoms with Crippen LogP contribution in [0.1, 0.15) is 15.9 Å². The highest BCUT2D eigenvalue weighted by atomic mass is 35.5. The summed E-state index contributed by atoms with van der Waals surface area (Å²) < 4.78 is 13.1. The Morgan fingerprint density at radius 3 is 2.63 bits per heavy atom. The molecule has 0 saturated carbocycles. The number of nitrogens with one attached hydrogen (secondary N) is 1. The summed E-state index contributed by atoms with van der Waals surface area (Å²) in [6.45, 7) is 1.63. The molecule has 0 unspecified atom stereocenters. The van der Waals surface area contributed by atoms with Crippen LogP contribution in [0.3, 0.4) is 0 Å². The second-order valence-electron chi connectivity index (χ2n) is 4.19. The van der Waals surface area contributed by atoms with Gasteiger partial charge < -0.3 is 11.1 Å². The maximum Gasteiger partial charge on any atom is 0.255 e. The number of rotatable bonds is 2. The van der Waals surface area contributed by atoms with Crippen LogP contribution >= 0.6 is 11.6 Å². The van der Waals surface area contributed by atoms with Gasteiger partial charge in [-0.15, -0.1) is 0 Å². The molecule has 2 rings (SSSR count). The highest BCUT2D eigenvalue weighted by Crippen LogP contribution is 2.19. The fourth-order valence-corrected chi connectivity index (χ4v) is 1.91. The molecule has 19 heavy (non-hydrogen) atoms. The Kier molecular flexibility index (Phi) is 3.71. The number of hydrogen-bond acceptors (Lipinski definition) is 2. The van der Waals surface area contributed by atoms with Crippen LogP contribution in [-0.2, 0) is 0 Å². The molecule has 0 atom stereocenters. The van der Waals surface area contributed by atoms with Crippen LogP contribution < -0.4 is 11.1 Å². The van der Waals surface area contributed by atoms with E-state index in [1.807, 2.05) is 0 Å². The van der Waals surface area contributed by atoms with Crippen LogP contribution in [0.15, 0.2) is 36.4 Å². The zero-order valence-electron chi connectivity index (χ0n) is 10.2. The van der Waals surface area contributed by atoms with Crippen LogP contribution in [0.25, 0.3) is 0 Å². The van der Waals surface area contributed by atoms with Crippen LogP contribution in [0, 0.1) is 12.7 Å². The second kappa shape index (κ2) is 5.28. The van der Waals surface area contributed by atoms with Gasteiger partial charge in [-0.25, -0.2) is 4.39 Å². The zero-order valence-corrected chi connectivity index (χ0v) is 11.0. The van der Waals surface area contributed by atoms with Crippen LogP contribution in [0.4, 0.5) is 15.8 Å². The number of carbonyl (C=O) groups is 1. The summed E-state index contributed by atoms with van der Waals surface area (Å²) in [6.07, 6.45) is 0. The van der Waals surface area contributed by atoms with E-state index in [9.17, 15) is 9.18 Å². The van der Waals surface area contributed by atoms with E-state index in [4.69, 9.17) is 17.3 Å². The van der Waals surface area contributed by atoms with Crippen LogP contribution in [0.5, 0.6) is 0 Å². The van der Waals surface area contributed by atoms with Crippen molar-refractivity contribution in [1.82, 2.24) is 0 Å². The first-order chi connectivity index (χ1) is 8.95. The molecule has 0 aromatic heterocycles. The van der Waals surface area contributed by atoms with Crippen molar-refractivity contribution in [2.75, 3.05) is 11.1 Å². The molecule has 0 bridgehead atoms. The minimum Gasteiger partial charge on any atom is -0.399 e. The van der Waals surface area contributed by atoms with Crippen molar-refractivity contribution >= 4 is 28.9 Å². The molecule has 0 aliphatic rings. The number of aryl methyl sites for hydroxylation is 1. The van der Waals surface area contributed by atoms with Gasteiger partial charge in [-0.05, 0) is 48.9 Å². The summed E-state index contributed by atoms with van der Waals surface area (Å²) in [6, 6.07) is 8.95. The molecular formula is C14H12ClFN2O. The van der Waals surface area contributed by atoms with Crippen molar-refractivity contribution in [1.29, 1.82) is 0 Å². The normalized spacial score (nSPS) is 10.3. The van der Waals surface area contributed by atoms with Gasteiger partial charge >= 0.3 is 0 Å². The molecular weight excluding hydrogens is 267 g/mol. The zero-order chi connectivity index (χ0) is 14.0. The van der Waals surface area contributed by atoms with Gasteiger partial charge in [0.1, 0.15) is 5.82 Å². The number of carbonyl (C=O) groups excluding carboxylic acids is 1. The van der Waals surface area contributed by atoms with Gasteiger partial charge in [0, 0.05) is 22.0 Å². The van der Waals surface area contributed by atoms with Gasteiger partial charge in [0.05, 0.1) is 0 Å². The average Bonchev–Trinajstić information content (AvgIpc) is 2.32. The lowest BCUT2D eigenvalue weighted by molar-refractivity contribution is 0.102. The van der Waals surface area contributed by atoms with Gasteiger partial charge in [-0.3, -0.25) is 4.79 Å². The number of anilines is 2. The fourth-order valence-electron chi connectivity index (χ4n) is 1.67. The van der Waals surface area contributed by atoms with E-state index in [0.717, 1.165) is 0 Å². The molecule has 0 aliphatic carbocycles. The lowest BCUT2D eigenvalue weighted by Gasteiger charge is -2.07. The van der Waals surface area contributed by atoms with Crippen LogP contribution in [0.2, 0.25) is 5.02 Å². The lowest BCUT2D eigenvalue weighted by atomic mass is 10.1. The number of halogens is 2. The molecule has 0 saturated heterocycles. The van der Waals surface area contributed by atoms with Crippen molar-refractivity contribution in [2.24, 2.45) is 0 Å². The molecule has 5 heteroatoms.